The second-order valence-electron chi connectivity index (χ2n) is 4.96. The maximum absolute atomic E-state index is 12.5. The van der Waals surface area contributed by atoms with Gasteiger partial charge in [-0.1, -0.05) is 12.1 Å². The Morgan fingerprint density at radius 2 is 1.79 bits per heavy atom. The van der Waals surface area contributed by atoms with Gasteiger partial charge in [0.25, 0.3) is 5.56 Å². The lowest BCUT2D eigenvalue weighted by atomic mass is 10.1. The molecule has 1 aliphatic rings. The average Bonchev–Trinajstić information content (AvgIpc) is 2.43. The van der Waals surface area contributed by atoms with Crippen LogP contribution in [0.3, 0.4) is 0 Å². The van der Waals surface area contributed by atoms with Gasteiger partial charge in [-0.3, -0.25) is 14.2 Å². The van der Waals surface area contributed by atoms with Crippen molar-refractivity contribution in [2.24, 2.45) is 0 Å². The molecule has 1 aliphatic heterocycles. The third kappa shape index (κ3) is 1.51. The predicted octanol–water partition coefficient (Wildman–Crippen LogP) is 1.49. The van der Waals surface area contributed by atoms with E-state index >= 15 is 0 Å². The number of amides is 1. The first-order valence-electron chi connectivity index (χ1n) is 6.30. The smallest absolute Gasteiger partial charge is 0.262 e. The highest BCUT2D eigenvalue weighted by molar-refractivity contribution is 5.83. The van der Waals surface area contributed by atoms with Crippen molar-refractivity contribution < 1.29 is 4.79 Å². The monoisotopic (exact) mass is 257 g/mol. The fraction of sp³-hybridized carbons (Fsp3) is 0.357. The highest BCUT2D eigenvalue weighted by Crippen LogP contribution is 2.28. The molecule has 0 fully saturated rings. The first-order chi connectivity index (χ1) is 9.02. The SMILES string of the molecule is C[C@H]1c2nc3ccccc3c(=O)n2[C@@H](C)C(=O)N1C. The summed E-state index contributed by atoms with van der Waals surface area (Å²) in [6, 6.07) is 6.55. The Bertz CT molecular complexity index is 735. The van der Waals surface area contributed by atoms with Crippen molar-refractivity contribution in [2.45, 2.75) is 25.9 Å². The van der Waals surface area contributed by atoms with E-state index in [1.807, 2.05) is 25.1 Å². The fourth-order valence-corrected chi connectivity index (χ4v) is 2.60. The van der Waals surface area contributed by atoms with E-state index in [-0.39, 0.29) is 17.5 Å². The van der Waals surface area contributed by atoms with Gasteiger partial charge in [-0.15, -0.1) is 0 Å². The number of hydrogen-bond acceptors (Lipinski definition) is 3. The molecule has 1 amide bonds. The molecule has 0 saturated heterocycles. The lowest BCUT2D eigenvalue weighted by molar-refractivity contribution is -0.137. The second-order valence-corrected chi connectivity index (χ2v) is 4.96. The van der Waals surface area contributed by atoms with Gasteiger partial charge in [-0.25, -0.2) is 4.98 Å². The molecule has 0 radical (unpaired) electrons. The summed E-state index contributed by atoms with van der Waals surface area (Å²) in [4.78, 5) is 30.9. The standard InChI is InChI=1S/C14H15N3O2/c1-8-12-15-11-7-5-4-6-10(11)14(19)17(12)9(2)13(18)16(8)3/h4-9H,1-3H3/t8-,9-/m0/s1. The lowest BCUT2D eigenvalue weighted by Gasteiger charge is -2.35. The lowest BCUT2D eigenvalue weighted by Crippen LogP contribution is -2.46. The van der Waals surface area contributed by atoms with E-state index in [2.05, 4.69) is 4.98 Å². The van der Waals surface area contributed by atoms with Crippen molar-refractivity contribution >= 4 is 16.8 Å². The summed E-state index contributed by atoms with van der Waals surface area (Å²) >= 11 is 0. The molecule has 19 heavy (non-hydrogen) atoms. The van der Waals surface area contributed by atoms with Gasteiger partial charge in [0.05, 0.1) is 16.9 Å². The topological polar surface area (TPSA) is 55.2 Å². The molecular formula is C14H15N3O2. The number of nitrogens with zero attached hydrogens (tertiary/aromatic N) is 3. The molecule has 2 aromatic rings. The molecule has 3 rings (SSSR count). The van der Waals surface area contributed by atoms with Crippen LogP contribution in [0.1, 0.15) is 31.8 Å². The summed E-state index contributed by atoms with van der Waals surface area (Å²) in [5, 5.41) is 0.558. The molecule has 5 heteroatoms. The quantitative estimate of drug-likeness (QED) is 0.718. The largest absolute Gasteiger partial charge is 0.334 e. The molecule has 0 N–H and O–H groups in total. The van der Waals surface area contributed by atoms with Gasteiger partial charge >= 0.3 is 0 Å². The van der Waals surface area contributed by atoms with Crippen LogP contribution in [-0.4, -0.2) is 27.4 Å². The summed E-state index contributed by atoms with van der Waals surface area (Å²) in [6.45, 7) is 3.63. The van der Waals surface area contributed by atoms with Crippen molar-refractivity contribution in [3.8, 4) is 0 Å². The first-order valence-corrected chi connectivity index (χ1v) is 6.30. The van der Waals surface area contributed by atoms with Gasteiger partial charge in [0.2, 0.25) is 5.91 Å². The summed E-state index contributed by atoms with van der Waals surface area (Å²) in [6.07, 6.45) is 0. The Hall–Kier alpha value is -2.17. The van der Waals surface area contributed by atoms with Crippen molar-refractivity contribution in [3.63, 3.8) is 0 Å². The average molecular weight is 257 g/mol. The van der Waals surface area contributed by atoms with E-state index < -0.39 is 6.04 Å². The van der Waals surface area contributed by atoms with Gasteiger partial charge in [-0.05, 0) is 26.0 Å². The highest BCUT2D eigenvalue weighted by Gasteiger charge is 2.34. The van der Waals surface area contributed by atoms with Crippen molar-refractivity contribution in [1.82, 2.24) is 14.5 Å². The molecule has 2 atom stereocenters. The molecule has 98 valence electrons. The normalized spacial score (nSPS) is 22.7. The van der Waals surface area contributed by atoms with Crippen LogP contribution in [0.5, 0.6) is 0 Å². The molecule has 1 aromatic heterocycles. The van der Waals surface area contributed by atoms with E-state index in [1.165, 1.54) is 4.57 Å². The van der Waals surface area contributed by atoms with Crippen LogP contribution < -0.4 is 5.56 Å². The third-order valence-corrected chi connectivity index (χ3v) is 3.88. The number of fused-ring (bicyclic) bond motifs is 2. The van der Waals surface area contributed by atoms with Crippen molar-refractivity contribution in [3.05, 3.63) is 40.4 Å². The number of likely N-dealkylation sites (N-methyl/N-ethyl adjacent to an activating group) is 1. The van der Waals surface area contributed by atoms with Gasteiger partial charge in [0.1, 0.15) is 11.9 Å². The number of rotatable bonds is 0. The van der Waals surface area contributed by atoms with E-state index in [9.17, 15) is 9.59 Å². The Labute approximate surface area is 110 Å². The minimum atomic E-state index is -0.499. The highest BCUT2D eigenvalue weighted by atomic mass is 16.2. The van der Waals surface area contributed by atoms with E-state index in [1.54, 1.807) is 24.9 Å². The Kier molecular flexibility index (Phi) is 2.45. The Morgan fingerprint density at radius 3 is 2.53 bits per heavy atom. The summed E-state index contributed by atoms with van der Waals surface area (Å²) < 4.78 is 1.52. The van der Waals surface area contributed by atoms with Gasteiger partial charge in [-0.2, -0.15) is 0 Å². The van der Waals surface area contributed by atoms with Crippen LogP contribution >= 0.6 is 0 Å². The molecule has 0 bridgehead atoms. The summed E-state index contributed by atoms with van der Waals surface area (Å²) in [5.41, 5.74) is 0.543. The number of benzene rings is 1. The minimum Gasteiger partial charge on any atom is -0.334 e. The van der Waals surface area contributed by atoms with Gasteiger partial charge < -0.3 is 4.90 Å². The number of para-hydroxylation sites is 1. The zero-order valence-electron chi connectivity index (χ0n) is 11.1. The summed E-state index contributed by atoms with van der Waals surface area (Å²) in [7, 11) is 1.74. The van der Waals surface area contributed by atoms with Crippen molar-refractivity contribution in [2.75, 3.05) is 7.05 Å². The number of hydrogen-bond donors (Lipinski definition) is 0. The molecule has 0 unspecified atom stereocenters. The second kappa shape index (κ2) is 3.91. The number of carbonyl (C=O) groups excluding carboxylic acids is 1. The molecule has 1 aromatic carbocycles. The maximum Gasteiger partial charge on any atom is 0.262 e. The first kappa shape index (κ1) is 11.9. The van der Waals surface area contributed by atoms with Gasteiger partial charge in [0.15, 0.2) is 0 Å². The van der Waals surface area contributed by atoms with Crippen LogP contribution in [0.15, 0.2) is 29.1 Å². The van der Waals surface area contributed by atoms with Crippen LogP contribution in [0.25, 0.3) is 10.9 Å². The molecule has 5 nitrogen and oxygen atoms in total. The molecular weight excluding hydrogens is 242 g/mol. The third-order valence-electron chi connectivity index (χ3n) is 3.88. The zero-order chi connectivity index (χ0) is 13.7. The fourth-order valence-electron chi connectivity index (χ4n) is 2.60. The van der Waals surface area contributed by atoms with E-state index in [0.717, 1.165) is 0 Å². The zero-order valence-corrected chi connectivity index (χ0v) is 11.1. The number of carbonyl (C=O) groups is 1. The molecule has 2 heterocycles. The van der Waals surface area contributed by atoms with E-state index in [0.29, 0.717) is 16.7 Å². The molecule has 0 aliphatic carbocycles. The van der Waals surface area contributed by atoms with Crippen LogP contribution in [0, 0.1) is 0 Å². The van der Waals surface area contributed by atoms with Crippen LogP contribution in [0.4, 0.5) is 0 Å². The van der Waals surface area contributed by atoms with Crippen LogP contribution in [0.2, 0.25) is 0 Å². The van der Waals surface area contributed by atoms with Gasteiger partial charge in [0, 0.05) is 7.05 Å². The molecule has 0 saturated carbocycles. The minimum absolute atomic E-state index is 0.0563. The Balaban J connectivity index is 2.42. The predicted molar refractivity (Wildman–Crippen MR) is 71.9 cm³/mol. The Morgan fingerprint density at radius 1 is 1.11 bits per heavy atom. The van der Waals surface area contributed by atoms with Crippen LogP contribution in [-0.2, 0) is 4.79 Å². The van der Waals surface area contributed by atoms with E-state index in [4.69, 9.17) is 0 Å². The number of aromatic nitrogens is 2. The molecule has 0 spiro atoms. The summed E-state index contributed by atoms with van der Waals surface area (Å²) in [5.74, 6) is 0.595. The van der Waals surface area contributed by atoms with Crippen molar-refractivity contribution in [1.29, 1.82) is 0 Å². The maximum atomic E-state index is 12.5.